The van der Waals surface area contributed by atoms with Gasteiger partial charge in [0, 0.05) is 46.1 Å². The van der Waals surface area contributed by atoms with Crippen molar-refractivity contribution in [2.45, 2.75) is 18.4 Å². The molecule has 6 nitrogen and oxygen atoms in total. The van der Waals surface area contributed by atoms with Gasteiger partial charge in [0.15, 0.2) is 0 Å². The Balaban J connectivity index is 1.79. The summed E-state index contributed by atoms with van der Waals surface area (Å²) in [5.41, 5.74) is 0.328. The number of halogens is 1. The molecule has 0 spiro atoms. The predicted octanol–water partition coefficient (Wildman–Crippen LogP) is 2.34. The molecule has 0 atom stereocenters. The lowest BCUT2D eigenvalue weighted by molar-refractivity contribution is -0.135. The molecule has 144 valence electrons. The zero-order valence-electron chi connectivity index (χ0n) is 15.9. The van der Waals surface area contributed by atoms with Crippen LogP contribution in [-0.4, -0.2) is 58.9 Å². The lowest BCUT2D eigenvalue weighted by Gasteiger charge is -2.43. The van der Waals surface area contributed by atoms with E-state index >= 15 is 0 Å². The van der Waals surface area contributed by atoms with Crippen molar-refractivity contribution < 1.29 is 14.0 Å². The Morgan fingerprint density at radius 2 is 1.85 bits per heavy atom. The molecule has 0 saturated carbocycles. The first kappa shape index (κ1) is 18.9. The van der Waals surface area contributed by atoms with Gasteiger partial charge in [0.25, 0.3) is 5.91 Å². The van der Waals surface area contributed by atoms with Gasteiger partial charge < -0.3 is 19.7 Å². The maximum Gasteiger partial charge on any atom is 0.270 e. The molecule has 0 unspecified atom stereocenters. The molecule has 27 heavy (non-hydrogen) atoms. The third-order valence-corrected chi connectivity index (χ3v) is 5.09. The number of likely N-dealkylation sites (tertiary alicyclic amines) is 1. The van der Waals surface area contributed by atoms with E-state index in [1.165, 1.54) is 12.1 Å². The van der Waals surface area contributed by atoms with Crippen molar-refractivity contribution in [2.75, 3.05) is 32.5 Å². The molecule has 3 rings (SSSR count). The number of nitrogens with one attached hydrogen (secondary N) is 1. The number of hydrogen-bond acceptors (Lipinski definition) is 3. The van der Waals surface area contributed by atoms with Crippen molar-refractivity contribution in [1.82, 2.24) is 14.4 Å². The minimum Gasteiger partial charge on any atom is -0.371 e. The highest BCUT2D eigenvalue weighted by atomic mass is 19.1. The Bertz CT molecular complexity index is 838. The highest BCUT2D eigenvalue weighted by Crippen LogP contribution is 2.30. The molecule has 1 aliphatic rings. The number of aryl methyl sites for hydroxylation is 1. The highest BCUT2D eigenvalue weighted by molar-refractivity contribution is 5.94. The molecule has 7 heteroatoms. The van der Waals surface area contributed by atoms with Gasteiger partial charge in [-0.05, 0) is 43.2 Å². The van der Waals surface area contributed by atoms with Gasteiger partial charge in [-0.3, -0.25) is 9.59 Å². The normalized spacial score (nSPS) is 16.1. The lowest BCUT2D eigenvalue weighted by atomic mass is 9.85. The molecule has 1 fully saturated rings. The van der Waals surface area contributed by atoms with Crippen molar-refractivity contribution >= 4 is 17.5 Å². The summed E-state index contributed by atoms with van der Waals surface area (Å²) >= 11 is 0. The maximum absolute atomic E-state index is 13.6. The quantitative estimate of drug-likeness (QED) is 0.896. The fraction of sp³-hybridized carbons (Fsp3) is 0.400. The number of aromatic nitrogens is 1. The fourth-order valence-corrected chi connectivity index (χ4v) is 3.60. The van der Waals surface area contributed by atoms with Gasteiger partial charge in [-0.25, -0.2) is 4.39 Å². The van der Waals surface area contributed by atoms with Crippen LogP contribution in [0.25, 0.3) is 0 Å². The van der Waals surface area contributed by atoms with Crippen molar-refractivity contribution in [3.05, 3.63) is 54.1 Å². The minimum absolute atomic E-state index is 0.0424. The number of nitrogens with zero attached hydrogens (tertiary/aromatic N) is 3. The number of carbonyl (C=O) groups excluding carboxylic acids is 2. The topological polar surface area (TPSA) is 57.6 Å². The van der Waals surface area contributed by atoms with Crippen LogP contribution in [0.5, 0.6) is 0 Å². The molecule has 1 saturated heterocycles. The third-order valence-electron chi connectivity index (χ3n) is 5.09. The maximum atomic E-state index is 13.6. The van der Waals surface area contributed by atoms with Crippen molar-refractivity contribution in [3.63, 3.8) is 0 Å². The van der Waals surface area contributed by atoms with E-state index in [9.17, 15) is 14.0 Å². The average Bonchev–Trinajstić information content (AvgIpc) is 3.07. The van der Waals surface area contributed by atoms with E-state index in [1.54, 1.807) is 46.7 Å². The Morgan fingerprint density at radius 3 is 2.41 bits per heavy atom. The number of carbonyl (C=O) groups is 2. The summed E-state index contributed by atoms with van der Waals surface area (Å²) in [6, 6.07) is 9.73. The molecule has 0 radical (unpaired) electrons. The van der Waals surface area contributed by atoms with Gasteiger partial charge in [-0.15, -0.1) is 0 Å². The number of hydrogen-bond donors (Lipinski definition) is 1. The molecular weight excluding hydrogens is 347 g/mol. The third kappa shape index (κ3) is 3.82. The standard InChI is InChI=1S/C20H25FN4O2/c1-23(2)19(27)20(22-16-7-4-6-15(21)14-16)9-12-25(13-10-20)18(26)17-8-5-11-24(17)3/h4-8,11,14,22H,9-10,12-13H2,1-3H3. The lowest BCUT2D eigenvalue weighted by Crippen LogP contribution is -2.58. The second-order valence-electron chi connectivity index (χ2n) is 7.21. The first-order valence-corrected chi connectivity index (χ1v) is 8.98. The first-order valence-electron chi connectivity index (χ1n) is 8.98. The van der Waals surface area contributed by atoms with Gasteiger partial charge in [0.1, 0.15) is 17.1 Å². The number of piperidine rings is 1. The SMILES string of the molecule is CN(C)C(=O)C1(Nc2cccc(F)c2)CCN(C(=O)c2cccn2C)CC1. The van der Waals surface area contributed by atoms with E-state index in [0.29, 0.717) is 37.3 Å². The minimum atomic E-state index is -0.859. The summed E-state index contributed by atoms with van der Waals surface area (Å²) in [5.74, 6) is -0.472. The molecule has 2 heterocycles. The smallest absolute Gasteiger partial charge is 0.270 e. The Labute approximate surface area is 158 Å². The molecule has 1 aliphatic heterocycles. The summed E-state index contributed by atoms with van der Waals surface area (Å²) < 4.78 is 15.4. The van der Waals surface area contributed by atoms with E-state index < -0.39 is 5.54 Å². The van der Waals surface area contributed by atoms with Crippen LogP contribution in [0.4, 0.5) is 10.1 Å². The van der Waals surface area contributed by atoms with E-state index in [1.807, 2.05) is 19.3 Å². The second kappa shape index (κ2) is 7.42. The van der Waals surface area contributed by atoms with Crippen LogP contribution in [0.3, 0.4) is 0 Å². The van der Waals surface area contributed by atoms with Crippen LogP contribution >= 0.6 is 0 Å². The second-order valence-corrected chi connectivity index (χ2v) is 7.21. The monoisotopic (exact) mass is 372 g/mol. The van der Waals surface area contributed by atoms with E-state index in [0.717, 1.165) is 0 Å². The van der Waals surface area contributed by atoms with Gasteiger partial charge in [0.2, 0.25) is 5.91 Å². The van der Waals surface area contributed by atoms with Gasteiger partial charge >= 0.3 is 0 Å². The summed E-state index contributed by atoms with van der Waals surface area (Å²) in [6.45, 7) is 0.901. The van der Waals surface area contributed by atoms with Crippen molar-refractivity contribution in [1.29, 1.82) is 0 Å². The Hall–Kier alpha value is -2.83. The molecule has 0 bridgehead atoms. The largest absolute Gasteiger partial charge is 0.371 e. The molecule has 2 aromatic rings. The number of anilines is 1. The van der Waals surface area contributed by atoms with Crippen LogP contribution in [-0.2, 0) is 11.8 Å². The molecular formula is C20H25FN4O2. The summed E-state index contributed by atoms with van der Waals surface area (Å²) in [7, 11) is 5.25. The summed E-state index contributed by atoms with van der Waals surface area (Å²) in [4.78, 5) is 29.0. The first-order chi connectivity index (χ1) is 12.8. The van der Waals surface area contributed by atoms with E-state index in [2.05, 4.69) is 5.32 Å². The molecule has 1 aromatic heterocycles. The van der Waals surface area contributed by atoms with Gasteiger partial charge in [0.05, 0.1) is 0 Å². The van der Waals surface area contributed by atoms with E-state index in [4.69, 9.17) is 0 Å². The van der Waals surface area contributed by atoms with Crippen molar-refractivity contribution in [2.24, 2.45) is 7.05 Å². The fourth-order valence-electron chi connectivity index (χ4n) is 3.60. The van der Waals surface area contributed by atoms with Gasteiger partial charge in [-0.2, -0.15) is 0 Å². The molecule has 1 aromatic carbocycles. The Kier molecular flexibility index (Phi) is 5.21. The number of amides is 2. The summed E-state index contributed by atoms with van der Waals surface area (Å²) in [5, 5.41) is 3.25. The number of rotatable bonds is 4. The average molecular weight is 372 g/mol. The van der Waals surface area contributed by atoms with Crippen molar-refractivity contribution in [3.8, 4) is 0 Å². The van der Waals surface area contributed by atoms with Gasteiger partial charge in [-0.1, -0.05) is 6.07 Å². The molecule has 2 amide bonds. The zero-order chi connectivity index (χ0) is 19.6. The van der Waals surface area contributed by atoms with Crippen LogP contribution in [0, 0.1) is 5.82 Å². The number of benzene rings is 1. The predicted molar refractivity (Wildman–Crippen MR) is 102 cm³/mol. The molecule has 0 aliphatic carbocycles. The van der Waals surface area contributed by atoms with Crippen LogP contribution in [0.15, 0.2) is 42.6 Å². The zero-order valence-corrected chi connectivity index (χ0v) is 15.9. The van der Waals surface area contributed by atoms with Crippen LogP contribution in [0.2, 0.25) is 0 Å². The summed E-state index contributed by atoms with van der Waals surface area (Å²) in [6.07, 6.45) is 2.75. The van der Waals surface area contributed by atoms with Crippen LogP contribution in [0.1, 0.15) is 23.3 Å². The number of likely N-dealkylation sites (N-methyl/N-ethyl adjacent to an activating group) is 1. The van der Waals surface area contributed by atoms with E-state index in [-0.39, 0.29) is 17.6 Å². The Morgan fingerprint density at radius 1 is 1.15 bits per heavy atom. The van der Waals surface area contributed by atoms with Crippen LogP contribution < -0.4 is 5.32 Å². The molecule has 1 N–H and O–H groups in total. The highest BCUT2D eigenvalue weighted by Gasteiger charge is 2.43.